The van der Waals surface area contributed by atoms with E-state index in [2.05, 4.69) is 31.9 Å². The monoisotopic (exact) mass is 354 g/mol. The van der Waals surface area contributed by atoms with Crippen LogP contribution in [0.1, 0.15) is 34.3 Å². The zero-order valence-electron chi connectivity index (χ0n) is 8.35. The molecule has 0 saturated carbocycles. The van der Waals surface area contributed by atoms with Gasteiger partial charge >= 0.3 is 0 Å². The Hall–Kier alpha value is -0.290. The quantitative estimate of drug-likeness (QED) is 0.562. The number of carbonyl (C=O) groups is 1. The van der Waals surface area contributed by atoms with Crippen molar-refractivity contribution in [1.29, 1.82) is 0 Å². The predicted octanol–water partition coefficient (Wildman–Crippen LogP) is 4.49. The average Bonchev–Trinajstić information content (AvgIpc) is 2.28. The lowest BCUT2D eigenvalue weighted by molar-refractivity contribution is 0.0989. The molecule has 0 amide bonds. The van der Waals surface area contributed by atoms with Crippen molar-refractivity contribution in [3.8, 4) is 0 Å². The first-order chi connectivity index (χ1) is 7.60. The number of Topliss-reactive ketones (excluding diaryl/α,β-unsaturated/α-hetero) is 1. The van der Waals surface area contributed by atoms with Crippen LogP contribution in [0.3, 0.4) is 0 Å². The molecule has 0 unspecified atom stereocenters. The van der Waals surface area contributed by atoms with Gasteiger partial charge < -0.3 is 0 Å². The molecule has 16 heavy (non-hydrogen) atoms. The molecule has 0 aliphatic carbocycles. The minimum Gasteiger partial charge on any atom is -0.294 e. The fraction of sp³-hybridized carbons (Fsp3) is 0.364. The predicted molar refractivity (Wildman–Crippen MR) is 66.8 cm³/mol. The molecular weight excluding hydrogens is 346 g/mol. The molecule has 0 bridgehead atoms. The van der Waals surface area contributed by atoms with Crippen LogP contribution in [0.5, 0.6) is 0 Å². The number of hydrogen-bond donors (Lipinski definition) is 0. The van der Waals surface area contributed by atoms with E-state index >= 15 is 0 Å². The second kappa shape index (κ2) is 6.45. The van der Waals surface area contributed by atoms with Crippen molar-refractivity contribution < 1.29 is 13.6 Å². The number of hydrogen-bond acceptors (Lipinski definition) is 1. The summed E-state index contributed by atoms with van der Waals surface area (Å²) in [5, 5.41) is 0.897. The Morgan fingerprint density at radius 2 is 2.00 bits per heavy atom. The van der Waals surface area contributed by atoms with E-state index in [4.69, 9.17) is 0 Å². The summed E-state index contributed by atoms with van der Waals surface area (Å²) in [5.74, 6) is -0.0418. The molecule has 1 rings (SSSR count). The van der Waals surface area contributed by atoms with Crippen LogP contribution >= 0.6 is 31.9 Å². The van der Waals surface area contributed by atoms with Gasteiger partial charge in [0.15, 0.2) is 5.78 Å². The number of rotatable bonds is 5. The maximum Gasteiger partial charge on any atom is 0.264 e. The molecule has 0 spiro atoms. The van der Waals surface area contributed by atoms with Gasteiger partial charge in [0, 0.05) is 28.2 Å². The molecule has 88 valence electrons. The van der Waals surface area contributed by atoms with Gasteiger partial charge in [0.1, 0.15) is 0 Å². The summed E-state index contributed by atoms with van der Waals surface area (Å²) >= 11 is 6.32. The maximum atomic E-state index is 12.6. The van der Waals surface area contributed by atoms with Crippen molar-refractivity contribution in [2.24, 2.45) is 0 Å². The molecule has 0 N–H and O–H groups in total. The van der Waals surface area contributed by atoms with E-state index in [-0.39, 0.29) is 11.3 Å². The number of benzene rings is 1. The first-order valence-electron chi connectivity index (χ1n) is 4.66. The Bertz CT molecular complexity index is 380. The van der Waals surface area contributed by atoms with Gasteiger partial charge in [-0.05, 0) is 11.6 Å². The maximum absolute atomic E-state index is 12.6. The highest BCUT2D eigenvalue weighted by molar-refractivity contribution is 9.09. The van der Waals surface area contributed by atoms with Crippen LogP contribution in [-0.4, -0.2) is 11.1 Å². The van der Waals surface area contributed by atoms with Crippen LogP contribution in [0, 0.1) is 0 Å². The first-order valence-corrected chi connectivity index (χ1v) is 6.90. The highest BCUT2D eigenvalue weighted by Crippen LogP contribution is 2.26. The van der Waals surface area contributed by atoms with E-state index in [1.54, 1.807) is 0 Å². The van der Waals surface area contributed by atoms with Crippen molar-refractivity contribution in [2.45, 2.75) is 18.2 Å². The standard InChI is InChI=1S/C11H10Br2F2O/c12-4-3-10(16)7-1-2-9(11(14)15)8(5-7)6-13/h1-2,5,11H,3-4,6H2. The van der Waals surface area contributed by atoms with E-state index in [1.165, 1.54) is 18.2 Å². The molecule has 0 aromatic heterocycles. The molecule has 0 radical (unpaired) electrons. The minimum absolute atomic E-state index is 0.0210. The minimum atomic E-state index is -2.51. The first kappa shape index (κ1) is 13.8. The normalized spacial score (nSPS) is 10.8. The van der Waals surface area contributed by atoms with Crippen LogP contribution in [0.4, 0.5) is 8.78 Å². The molecule has 0 fully saturated rings. The van der Waals surface area contributed by atoms with Crippen molar-refractivity contribution >= 4 is 37.6 Å². The van der Waals surface area contributed by atoms with E-state index in [0.717, 1.165) is 0 Å². The van der Waals surface area contributed by atoms with Crippen LogP contribution in [0.25, 0.3) is 0 Å². The van der Waals surface area contributed by atoms with Gasteiger partial charge in [-0.2, -0.15) is 0 Å². The van der Waals surface area contributed by atoms with E-state index in [1.807, 2.05) is 0 Å². The van der Waals surface area contributed by atoms with Crippen LogP contribution in [0.2, 0.25) is 0 Å². The van der Waals surface area contributed by atoms with Gasteiger partial charge in [-0.15, -0.1) is 0 Å². The van der Waals surface area contributed by atoms with Crippen molar-refractivity contribution in [3.05, 3.63) is 34.9 Å². The summed E-state index contributed by atoms with van der Waals surface area (Å²) in [6.07, 6.45) is -2.14. The zero-order valence-corrected chi connectivity index (χ0v) is 11.5. The molecule has 1 nitrogen and oxygen atoms in total. The van der Waals surface area contributed by atoms with Crippen LogP contribution in [0.15, 0.2) is 18.2 Å². The second-order valence-electron chi connectivity index (χ2n) is 3.21. The smallest absolute Gasteiger partial charge is 0.264 e. The molecular formula is C11H10Br2F2O. The van der Waals surface area contributed by atoms with Crippen LogP contribution in [-0.2, 0) is 5.33 Å². The highest BCUT2D eigenvalue weighted by Gasteiger charge is 2.14. The molecule has 5 heteroatoms. The molecule has 1 aromatic carbocycles. The average molecular weight is 356 g/mol. The van der Waals surface area contributed by atoms with Gasteiger partial charge in [-0.25, -0.2) is 8.78 Å². The van der Waals surface area contributed by atoms with E-state index in [0.29, 0.717) is 28.2 Å². The fourth-order valence-corrected chi connectivity index (χ4v) is 2.18. The molecule has 0 heterocycles. The molecule has 0 saturated heterocycles. The molecule has 0 atom stereocenters. The van der Waals surface area contributed by atoms with Crippen LogP contribution < -0.4 is 0 Å². The largest absolute Gasteiger partial charge is 0.294 e. The Labute approximate surface area is 109 Å². The number of ketones is 1. The van der Waals surface area contributed by atoms with Gasteiger partial charge in [-0.1, -0.05) is 44.0 Å². The Balaban J connectivity index is 3.04. The van der Waals surface area contributed by atoms with Gasteiger partial charge in [0.05, 0.1) is 0 Å². The number of carbonyl (C=O) groups excluding carboxylic acids is 1. The third kappa shape index (κ3) is 3.35. The lowest BCUT2D eigenvalue weighted by atomic mass is 10.0. The lowest BCUT2D eigenvalue weighted by Gasteiger charge is -2.08. The molecule has 0 aliphatic heterocycles. The highest BCUT2D eigenvalue weighted by atomic mass is 79.9. The van der Waals surface area contributed by atoms with Gasteiger partial charge in [0.25, 0.3) is 6.43 Å². The summed E-state index contributed by atoms with van der Waals surface area (Å²) in [4.78, 5) is 11.6. The third-order valence-corrected chi connectivity index (χ3v) is 3.17. The Morgan fingerprint density at radius 1 is 1.31 bits per heavy atom. The Kier molecular flexibility index (Phi) is 5.55. The summed E-state index contributed by atoms with van der Waals surface area (Å²) < 4.78 is 25.2. The molecule has 0 aliphatic rings. The van der Waals surface area contributed by atoms with Crippen molar-refractivity contribution in [2.75, 3.05) is 5.33 Å². The summed E-state index contributed by atoms with van der Waals surface area (Å²) in [7, 11) is 0. The zero-order chi connectivity index (χ0) is 12.1. The van der Waals surface area contributed by atoms with Crippen molar-refractivity contribution in [1.82, 2.24) is 0 Å². The van der Waals surface area contributed by atoms with Gasteiger partial charge in [-0.3, -0.25) is 4.79 Å². The summed E-state index contributed by atoms with van der Waals surface area (Å²) in [6.45, 7) is 0. The topological polar surface area (TPSA) is 17.1 Å². The third-order valence-electron chi connectivity index (χ3n) is 2.17. The number of halogens is 4. The summed E-state index contributed by atoms with van der Waals surface area (Å²) in [6, 6.07) is 4.31. The second-order valence-corrected chi connectivity index (χ2v) is 4.56. The number of alkyl halides is 4. The van der Waals surface area contributed by atoms with Crippen molar-refractivity contribution in [3.63, 3.8) is 0 Å². The fourth-order valence-electron chi connectivity index (χ4n) is 1.34. The SMILES string of the molecule is O=C(CCBr)c1ccc(C(F)F)c(CBr)c1. The summed E-state index contributed by atoms with van der Waals surface area (Å²) in [5.41, 5.74) is 0.931. The van der Waals surface area contributed by atoms with E-state index in [9.17, 15) is 13.6 Å². The lowest BCUT2D eigenvalue weighted by Crippen LogP contribution is -2.02. The van der Waals surface area contributed by atoms with Gasteiger partial charge in [0.2, 0.25) is 0 Å². The molecule has 1 aromatic rings. The van der Waals surface area contributed by atoms with E-state index < -0.39 is 6.43 Å². The Morgan fingerprint density at radius 3 is 2.50 bits per heavy atom.